The molecule has 0 spiro atoms. The number of pyridine rings is 2. The standard InChI is InChI=1S/C52H32N6/c1-7-19-47-37(11-1)41-15-9-29-53-51(41)57(47)35-25-21-33(22-26-35)55-45-17-5-3-13-39(45)43-32-50-44(31-49(43)55)40-14-4-6-18-46(40)56(50)34-23-27-36(28-24-34)58-48-20-8-2-12-38(48)42-16-10-30-54-52(42)58/h1-32H/i31D,32D. The molecule has 13 rings (SSSR count). The summed E-state index contributed by atoms with van der Waals surface area (Å²) in [6.07, 6.45) is 3.69. The van der Waals surface area contributed by atoms with Gasteiger partial charge in [-0.25, -0.2) is 9.97 Å². The summed E-state index contributed by atoms with van der Waals surface area (Å²) in [5.74, 6) is 0. The third-order valence-electron chi connectivity index (χ3n) is 11.8. The summed E-state index contributed by atoms with van der Waals surface area (Å²) in [4.78, 5) is 9.58. The number of aromatic nitrogens is 6. The minimum Gasteiger partial charge on any atom is -0.309 e. The van der Waals surface area contributed by atoms with Gasteiger partial charge in [0.05, 0.1) is 35.8 Å². The van der Waals surface area contributed by atoms with Crippen LogP contribution in [0.4, 0.5) is 0 Å². The smallest absolute Gasteiger partial charge is 0.145 e. The molecule has 0 unspecified atom stereocenters. The maximum Gasteiger partial charge on any atom is 0.145 e. The molecule has 0 radical (unpaired) electrons. The SMILES string of the molecule is [2H]c1c2c3ccccc3n(-c3ccc(-n4c5ccccc5c5cccnc54)cc3)c2c([2H])c2c3ccccc3n(-c3ccc(-n4c5ccccc5c5cccnc54)cc3)c12. The van der Waals surface area contributed by atoms with Gasteiger partial charge >= 0.3 is 0 Å². The Bertz CT molecular complexity index is 3540. The summed E-state index contributed by atoms with van der Waals surface area (Å²) in [6, 6.07) is 59.3. The van der Waals surface area contributed by atoms with E-state index in [0.717, 1.165) is 110 Å². The van der Waals surface area contributed by atoms with Crippen molar-refractivity contribution in [3.8, 4) is 22.7 Å². The molecule has 6 aromatic heterocycles. The molecule has 0 bridgehead atoms. The predicted molar refractivity (Wildman–Crippen MR) is 239 cm³/mol. The summed E-state index contributed by atoms with van der Waals surface area (Å²) in [7, 11) is 0. The van der Waals surface area contributed by atoms with E-state index in [4.69, 9.17) is 9.97 Å². The van der Waals surface area contributed by atoms with E-state index >= 15 is 0 Å². The van der Waals surface area contributed by atoms with Gasteiger partial charge in [0.25, 0.3) is 0 Å². The zero-order valence-corrected chi connectivity index (χ0v) is 31.0. The molecule has 0 fully saturated rings. The van der Waals surface area contributed by atoms with Crippen LogP contribution in [0.2, 0.25) is 0 Å². The van der Waals surface area contributed by atoms with Crippen LogP contribution in [0.1, 0.15) is 2.74 Å². The molecule has 0 amide bonds. The van der Waals surface area contributed by atoms with Crippen molar-refractivity contribution in [1.29, 1.82) is 0 Å². The highest BCUT2D eigenvalue weighted by Crippen LogP contribution is 2.40. The maximum atomic E-state index is 10.1. The van der Waals surface area contributed by atoms with Crippen LogP contribution in [0.25, 0.3) is 110 Å². The Morgan fingerprint density at radius 1 is 0.276 bits per heavy atom. The Labute approximate surface area is 334 Å². The van der Waals surface area contributed by atoms with Crippen LogP contribution >= 0.6 is 0 Å². The van der Waals surface area contributed by atoms with E-state index < -0.39 is 0 Å². The lowest BCUT2D eigenvalue weighted by atomic mass is 10.1. The Balaban J connectivity index is 1.03. The van der Waals surface area contributed by atoms with Crippen molar-refractivity contribution in [2.24, 2.45) is 0 Å². The maximum absolute atomic E-state index is 10.1. The topological polar surface area (TPSA) is 45.5 Å². The minimum atomic E-state index is 0.394. The van der Waals surface area contributed by atoms with Crippen molar-refractivity contribution >= 4 is 87.5 Å². The highest BCUT2D eigenvalue weighted by molar-refractivity contribution is 6.19. The van der Waals surface area contributed by atoms with Crippen LogP contribution < -0.4 is 0 Å². The monoisotopic (exact) mass is 742 g/mol. The number of para-hydroxylation sites is 4. The van der Waals surface area contributed by atoms with Crippen LogP contribution in [0.3, 0.4) is 0 Å². The third kappa shape index (κ3) is 4.26. The highest BCUT2D eigenvalue weighted by Gasteiger charge is 2.20. The zero-order valence-electron chi connectivity index (χ0n) is 33.0. The summed E-state index contributed by atoms with van der Waals surface area (Å²) in [5, 5.41) is 7.94. The fraction of sp³-hybridized carbons (Fsp3) is 0. The quantitative estimate of drug-likeness (QED) is 0.180. The first-order valence-corrected chi connectivity index (χ1v) is 19.5. The van der Waals surface area contributed by atoms with E-state index in [1.54, 1.807) is 0 Å². The fourth-order valence-corrected chi connectivity index (χ4v) is 9.36. The van der Waals surface area contributed by atoms with Gasteiger partial charge in [0.2, 0.25) is 0 Å². The van der Waals surface area contributed by atoms with Crippen LogP contribution in [-0.2, 0) is 0 Å². The van der Waals surface area contributed by atoms with Crippen LogP contribution in [0.5, 0.6) is 0 Å². The Morgan fingerprint density at radius 3 is 0.948 bits per heavy atom. The zero-order chi connectivity index (χ0) is 39.6. The third-order valence-corrected chi connectivity index (χ3v) is 11.8. The summed E-state index contributed by atoms with van der Waals surface area (Å²) in [5.41, 5.74) is 11.2. The van der Waals surface area contributed by atoms with Gasteiger partial charge in [-0.05, 0) is 109 Å². The lowest BCUT2D eigenvalue weighted by Gasteiger charge is -2.12. The van der Waals surface area contributed by atoms with Gasteiger partial charge in [-0.2, -0.15) is 0 Å². The first-order chi connectivity index (χ1) is 29.7. The van der Waals surface area contributed by atoms with E-state index in [2.05, 4.69) is 152 Å². The molecule has 58 heavy (non-hydrogen) atoms. The number of nitrogens with zero attached hydrogens (tertiary/aromatic N) is 6. The second-order valence-corrected chi connectivity index (χ2v) is 14.9. The minimum absolute atomic E-state index is 0.394. The van der Waals surface area contributed by atoms with Gasteiger partial charge in [0.1, 0.15) is 11.3 Å². The van der Waals surface area contributed by atoms with Gasteiger partial charge < -0.3 is 9.13 Å². The number of hydrogen-bond acceptors (Lipinski definition) is 2. The Hall–Kier alpha value is -7.96. The lowest BCUT2D eigenvalue weighted by Crippen LogP contribution is -1.98. The van der Waals surface area contributed by atoms with Gasteiger partial charge in [-0.3, -0.25) is 9.13 Å². The Morgan fingerprint density at radius 2 is 0.569 bits per heavy atom. The summed E-state index contributed by atoms with van der Waals surface area (Å²) in [6.45, 7) is 0. The molecular formula is C52H32N6. The molecule has 0 saturated carbocycles. The molecule has 0 saturated heterocycles. The number of rotatable bonds is 4. The molecule has 6 nitrogen and oxygen atoms in total. The van der Waals surface area contributed by atoms with Crippen molar-refractivity contribution in [3.63, 3.8) is 0 Å². The number of fused-ring (bicyclic) bond motifs is 12. The van der Waals surface area contributed by atoms with Crippen LogP contribution in [0, 0.1) is 0 Å². The average molecular weight is 743 g/mol. The predicted octanol–water partition coefficient (Wildman–Crippen LogP) is 12.9. The summed E-state index contributed by atoms with van der Waals surface area (Å²) < 4.78 is 28.9. The molecule has 7 aromatic carbocycles. The number of hydrogen-bond donors (Lipinski definition) is 0. The van der Waals surface area contributed by atoms with Crippen LogP contribution in [-0.4, -0.2) is 28.2 Å². The van der Waals surface area contributed by atoms with E-state index in [9.17, 15) is 2.74 Å². The largest absolute Gasteiger partial charge is 0.309 e. The molecular weight excluding hydrogens is 709 g/mol. The van der Waals surface area contributed by atoms with Crippen molar-refractivity contribution < 1.29 is 2.74 Å². The number of benzene rings is 7. The highest BCUT2D eigenvalue weighted by atomic mass is 15.1. The van der Waals surface area contributed by atoms with E-state index in [0.29, 0.717) is 12.1 Å². The van der Waals surface area contributed by atoms with Gasteiger partial charge in [0, 0.05) is 78.2 Å². The van der Waals surface area contributed by atoms with Crippen molar-refractivity contribution in [2.45, 2.75) is 0 Å². The second kappa shape index (κ2) is 11.8. The normalized spacial score (nSPS) is 12.6. The van der Waals surface area contributed by atoms with Crippen molar-refractivity contribution in [3.05, 3.63) is 194 Å². The van der Waals surface area contributed by atoms with E-state index in [-0.39, 0.29) is 0 Å². The molecule has 0 atom stereocenters. The van der Waals surface area contributed by atoms with Crippen molar-refractivity contribution in [1.82, 2.24) is 28.2 Å². The van der Waals surface area contributed by atoms with Crippen LogP contribution in [0.15, 0.2) is 194 Å². The molecule has 0 aliphatic rings. The molecule has 0 aliphatic carbocycles. The fourth-order valence-electron chi connectivity index (χ4n) is 9.36. The molecule has 6 heterocycles. The van der Waals surface area contributed by atoms with Gasteiger partial charge in [0.15, 0.2) is 0 Å². The van der Waals surface area contributed by atoms with Crippen molar-refractivity contribution in [2.75, 3.05) is 0 Å². The molecule has 0 N–H and O–H groups in total. The van der Waals surface area contributed by atoms with E-state index in [1.165, 1.54) is 0 Å². The first kappa shape index (κ1) is 29.3. The lowest BCUT2D eigenvalue weighted by molar-refractivity contribution is 1.12. The molecule has 270 valence electrons. The van der Waals surface area contributed by atoms with Gasteiger partial charge in [-0.1, -0.05) is 72.8 Å². The molecule has 13 aromatic rings. The summed E-state index contributed by atoms with van der Waals surface area (Å²) >= 11 is 0. The first-order valence-electron chi connectivity index (χ1n) is 20.5. The second-order valence-electron chi connectivity index (χ2n) is 14.9. The van der Waals surface area contributed by atoms with E-state index in [1.807, 2.05) is 48.8 Å². The molecule has 0 aliphatic heterocycles. The average Bonchev–Trinajstić information content (AvgIpc) is 4.04. The van der Waals surface area contributed by atoms with Gasteiger partial charge in [-0.15, -0.1) is 0 Å². The molecule has 6 heteroatoms. The Kier molecular flexibility index (Phi) is 5.96.